The van der Waals surface area contributed by atoms with E-state index >= 15 is 0 Å². The largest absolute Gasteiger partial charge is 0.325 e. The molecule has 0 spiro atoms. The lowest BCUT2D eigenvalue weighted by atomic mass is 9.91. The summed E-state index contributed by atoms with van der Waals surface area (Å²) in [5.41, 5.74) is 1.22. The Hall–Kier alpha value is -3.43. The molecule has 0 saturated carbocycles. The molecule has 0 aliphatic carbocycles. The molecule has 4 rings (SSSR count). The van der Waals surface area contributed by atoms with Gasteiger partial charge < -0.3 is 5.32 Å². The van der Waals surface area contributed by atoms with Gasteiger partial charge in [-0.25, -0.2) is 9.78 Å². The maximum Gasteiger partial charge on any atom is 0.325 e. The molecule has 1 aliphatic rings. The molecule has 1 saturated heterocycles. The summed E-state index contributed by atoms with van der Waals surface area (Å²) >= 11 is 6.29. The number of amides is 3. The smallest absolute Gasteiger partial charge is 0.319 e. The first kappa shape index (κ1) is 18.0. The summed E-state index contributed by atoms with van der Waals surface area (Å²) in [6.07, 6.45) is 0. The average molecular weight is 391 g/mol. The van der Waals surface area contributed by atoms with Gasteiger partial charge in [0.2, 0.25) is 0 Å². The molecule has 1 fully saturated rings. The number of aromatic nitrogens is 1. The summed E-state index contributed by atoms with van der Waals surface area (Å²) in [5, 5.41) is 12.8. The summed E-state index contributed by atoms with van der Waals surface area (Å²) in [4.78, 5) is 31.1. The second-order valence-corrected chi connectivity index (χ2v) is 7.12. The minimum atomic E-state index is -1.21. The molecule has 6 nitrogen and oxygen atoms in total. The van der Waals surface area contributed by atoms with Crippen LogP contribution in [0.3, 0.4) is 0 Å². The number of benzene rings is 2. The number of para-hydroxylation sites is 1. The number of halogens is 1. The molecule has 1 aliphatic heterocycles. The van der Waals surface area contributed by atoms with Crippen LogP contribution < -0.4 is 5.32 Å². The van der Waals surface area contributed by atoms with Crippen molar-refractivity contribution >= 4 is 34.4 Å². The van der Waals surface area contributed by atoms with Crippen LogP contribution in [0, 0.1) is 11.3 Å². The van der Waals surface area contributed by atoms with E-state index in [-0.39, 0.29) is 17.6 Å². The van der Waals surface area contributed by atoms with Gasteiger partial charge in [0.25, 0.3) is 5.91 Å². The summed E-state index contributed by atoms with van der Waals surface area (Å²) in [7, 11) is 0. The van der Waals surface area contributed by atoms with Crippen LogP contribution in [0.5, 0.6) is 0 Å². The lowest BCUT2D eigenvalue weighted by molar-refractivity contribution is -0.131. The number of hydrogen-bond acceptors (Lipinski definition) is 4. The maximum absolute atomic E-state index is 13.1. The van der Waals surface area contributed by atoms with Crippen LogP contribution in [-0.2, 0) is 16.9 Å². The fraction of sp³-hybridized carbons (Fsp3) is 0.143. The number of fused-ring (bicyclic) bond motifs is 1. The molecule has 1 aromatic heterocycles. The second-order valence-electron chi connectivity index (χ2n) is 6.77. The first-order chi connectivity index (χ1) is 13.4. The predicted octanol–water partition coefficient (Wildman–Crippen LogP) is 3.73. The van der Waals surface area contributed by atoms with E-state index in [4.69, 9.17) is 16.9 Å². The number of urea groups is 1. The lowest BCUT2D eigenvalue weighted by Crippen LogP contribution is -2.40. The number of pyridine rings is 1. The Bertz CT molecular complexity index is 1150. The van der Waals surface area contributed by atoms with Gasteiger partial charge in [0.05, 0.1) is 23.7 Å². The van der Waals surface area contributed by atoms with Crippen molar-refractivity contribution in [3.63, 3.8) is 0 Å². The minimum Gasteiger partial charge on any atom is -0.319 e. The van der Waals surface area contributed by atoms with Crippen molar-refractivity contribution in [2.75, 3.05) is 0 Å². The molecule has 2 heterocycles. The molecule has 138 valence electrons. The highest BCUT2D eigenvalue weighted by molar-refractivity contribution is 6.30. The van der Waals surface area contributed by atoms with Crippen molar-refractivity contribution in [3.05, 3.63) is 76.4 Å². The van der Waals surface area contributed by atoms with Gasteiger partial charge in [-0.3, -0.25) is 9.69 Å². The summed E-state index contributed by atoms with van der Waals surface area (Å²) in [5.74, 6) is -0.383. The molecule has 1 N–H and O–H groups in total. The van der Waals surface area contributed by atoms with Crippen LogP contribution in [0.25, 0.3) is 10.9 Å². The van der Waals surface area contributed by atoms with Crippen LogP contribution in [0.1, 0.15) is 23.6 Å². The van der Waals surface area contributed by atoms with Crippen molar-refractivity contribution in [1.82, 2.24) is 15.2 Å². The number of carbonyl (C=O) groups is 2. The van der Waals surface area contributed by atoms with E-state index < -0.39 is 11.6 Å². The van der Waals surface area contributed by atoms with Gasteiger partial charge in [-0.1, -0.05) is 41.9 Å². The zero-order chi connectivity index (χ0) is 19.9. The normalized spacial score (nSPS) is 19.0. The van der Waals surface area contributed by atoms with Crippen molar-refractivity contribution in [2.24, 2.45) is 0 Å². The van der Waals surface area contributed by atoms with Gasteiger partial charge in [0.15, 0.2) is 0 Å². The highest BCUT2D eigenvalue weighted by Crippen LogP contribution is 2.31. The van der Waals surface area contributed by atoms with Gasteiger partial charge in [-0.2, -0.15) is 5.26 Å². The van der Waals surface area contributed by atoms with Gasteiger partial charge in [0.1, 0.15) is 10.7 Å². The Morgan fingerprint density at radius 1 is 1.18 bits per heavy atom. The number of nitriles is 1. The first-order valence-electron chi connectivity index (χ1n) is 8.61. The molecule has 7 heteroatoms. The Labute approximate surface area is 166 Å². The first-order valence-corrected chi connectivity index (χ1v) is 8.99. The molecular formula is C21H15ClN4O2. The average Bonchev–Trinajstić information content (AvgIpc) is 2.92. The van der Waals surface area contributed by atoms with Crippen LogP contribution in [0.2, 0.25) is 5.15 Å². The zero-order valence-electron chi connectivity index (χ0n) is 14.9. The van der Waals surface area contributed by atoms with E-state index in [1.165, 1.54) is 0 Å². The van der Waals surface area contributed by atoms with Gasteiger partial charge >= 0.3 is 6.03 Å². The van der Waals surface area contributed by atoms with Crippen molar-refractivity contribution in [3.8, 4) is 6.07 Å². The number of nitrogens with zero attached hydrogens (tertiary/aromatic N) is 3. The Morgan fingerprint density at radius 3 is 2.61 bits per heavy atom. The number of rotatable bonds is 3. The number of hydrogen-bond donors (Lipinski definition) is 1. The van der Waals surface area contributed by atoms with E-state index in [1.807, 2.05) is 36.4 Å². The molecule has 28 heavy (non-hydrogen) atoms. The molecule has 1 atom stereocenters. The van der Waals surface area contributed by atoms with Crippen molar-refractivity contribution in [2.45, 2.75) is 19.0 Å². The fourth-order valence-corrected chi connectivity index (χ4v) is 3.54. The lowest BCUT2D eigenvalue weighted by Gasteiger charge is -2.22. The van der Waals surface area contributed by atoms with Gasteiger partial charge in [0, 0.05) is 10.9 Å². The predicted molar refractivity (Wildman–Crippen MR) is 104 cm³/mol. The van der Waals surface area contributed by atoms with Crippen LogP contribution >= 0.6 is 11.6 Å². The van der Waals surface area contributed by atoms with E-state index in [9.17, 15) is 9.59 Å². The maximum atomic E-state index is 13.1. The minimum absolute atomic E-state index is 0.0210. The molecule has 0 unspecified atom stereocenters. The number of nitrogens with one attached hydrogen (secondary N) is 1. The van der Waals surface area contributed by atoms with E-state index in [1.54, 1.807) is 31.2 Å². The Morgan fingerprint density at radius 2 is 1.89 bits per heavy atom. The van der Waals surface area contributed by atoms with Crippen molar-refractivity contribution in [1.29, 1.82) is 5.26 Å². The van der Waals surface area contributed by atoms with Crippen LogP contribution in [0.15, 0.2) is 54.6 Å². The second kappa shape index (κ2) is 6.63. The van der Waals surface area contributed by atoms with Crippen LogP contribution in [0.4, 0.5) is 4.79 Å². The fourth-order valence-electron chi connectivity index (χ4n) is 3.33. The monoisotopic (exact) mass is 390 g/mol. The Kier molecular flexibility index (Phi) is 4.25. The third-order valence-electron chi connectivity index (χ3n) is 4.94. The van der Waals surface area contributed by atoms with Gasteiger partial charge in [-0.05, 0) is 36.8 Å². The van der Waals surface area contributed by atoms with Gasteiger partial charge in [-0.15, -0.1) is 0 Å². The summed E-state index contributed by atoms with van der Waals surface area (Å²) < 4.78 is 0. The van der Waals surface area contributed by atoms with E-state index in [0.29, 0.717) is 16.7 Å². The van der Waals surface area contributed by atoms with Crippen LogP contribution in [-0.4, -0.2) is 21.8 Å². The molecular weight excluding hydrogens is 376 g/mol. The molecule has 0 bridgehead atoms. The third-order valence-corrected chi connectivity index (χ3v) is 5.27. The quantitative estimate of drug-likeness (QED) is 0.545. The van der Waals surface area contributed by atoms with E-state index in [2.05, 4.69) is 10.3 Å². The highest BCUT2D eigenvalue weighted by Gasteiger charge is 2.49. The number of imide groups is 1. The molecule has 3 amide bonds. The SMILES string of the molecule is C[C@@]1(c2ccc(C#N)cc2)NC(=O)N(Cc2cc3ccccc3nc2Cl)C1=O. The molecule has 3 aromatic rings. The standard InChI is InChI=1S/C21H15ClN4O2/c1-21(16-8-6-13(11-23)7-9-16)19(27)26(20(28)25-21)12-15-10-14-4-2-3-5-17(14)24-18(15)22/h2-10H,12H2,1H3,(H,25,28)/t21-/m0/s1. The topological polar surface area (TPSA) is 86.1 Å². The highest BCUT2D eigenvalue weighted by atomic mass is 35.5. The van der Waals surface area contributed by atoms with Crippen molar-refractivity contribution < 1.29 is 9.59 Å². The zero-order valence-corrected chi connectivity index (χ0v) is 15.7. The molecule has 0 radical (unpaired) electrons. The molecule has 2 aromatic carbocycles. The Balaban J connectivity index is 1.66. The summed E-state index contributed by atoms with van der Waals surface area (Å²) in [6, 6.07) is 17.4. The number of carbonyl (C=O) groups excluding carboxylic acids is 2. The summed E-state index contributed by atoms with van der Waals surface area (Å²) in [6.45, 7) is 1.67. The third kappa shape index (κ3) is 2.86. The van der Waals surface area contributed by atoms with E-state index in [0.717, 1.165) is 15.8 Å².